The normalized spacial score (nSPS) is 14.8. The van der Waals surface area contributed by atoms with E-state index in [1.165, 1.54) is 28.8 Å². The van der Waals surface area contributed by atoms with Gasteiger partial charge in [-0.2, -0.15) is 0 Å². The molecule has 0 atom stereocenters. The second-order valence-corrected chi connectivity index (χ2v) is 5.16. The summed E-state index contributed by atoms with van der Waals surface area (Å²) in [4.78, 5) is 34.2. The number of thioether (sulfide) groups is 1. The number of nitrogens with zero attached hydrogens (tertiary/aromatic N) is 2. The molecular weight excluding hydrogens is 296 g/mol. The highest BCUT2D eigenvalue weighted by molar-refractivity contribution is 8.03. The van der Waals surface area contributed by atoms with Crippen LogP contribution < -0.4 is 0 Å². The number of aliphatic carboxylic acids is 1. The Balaban J connectivity index is 2.25. The molecule has 0 radical (unpaired) electrons. The number of hydrogen-bond donors (Lipinski definition) is 1. The first-order valence-electron chi connectivity index (χ1n) is 6.08. The van der Waals surface area contributed by atoms with Gasteiger partial charge in [-0.05, 0) is 23.1 Å². The lowest BCUT2D eigenvalue weighted by molar-refractivity contribution is -0.384. The van der Waals surface area contributed by atoms with Crippen LogP contribution in [0.5, 0.6) is 0 Å². The van der Waals surface area contributed by atoms with Crippen LogP contribution in [-0.2, 0) is 9.59 Å². The fourth-order valence-electron chi connectivity index (χ4n) is 1.90. The zero-order chi connectivity index (χ0) is 15.4. The van der Waals surface area contributed by atoms with E-state index >= 15 is 0 Å². The van der Waals surface area contributed by atoms with Gasteiger partial charge in [0.2, 0.25) is 5.91 Å². The second kappa shape index (κ2) is 6.40. The molecule has 0 unspecified atom stereocenters. The number of benzene rings is 1. The Hall–Kier alpha value is -2.35. The molecule has 0 aliphatic carbocycles. The number of carboxylic acid groups (broad SMARTS) is 1. The number of hydrogen-bond acceptors (Lipinski definition) is 5. The molecule has 1 amide bonds. The van der Waals surface area contributed by atoms with Crippen LogP contribution >= 0.6 is 11.8 Å². The molecule has 1 N–H and O–H groups in total. The van der Waals surface area contributed by atoms with Gasteiger partial charge in [0.15, 0.2) is 0 Å². The summed E-state index contributed by atoms with van der Waals surface area (Å²) in [6.07, 6.45) is -0.152. The van der Waals surface area contributed by atoms with E-state index in [1.807, 2.05) is 0 Å². The Morgan fingerprint density at radius 3 is 2.62 bits per heavy atom. The summed E-state index contributed by atoms with van der Waals surface area (Å²) < 4.78 is 0. The van der Waals surface area contributed by atoms with Gasteiger partial charge in [-0.15, -0.1) is 11.8 Å². The van der Waals surface area contributed by atoms with Crippen molar-refractivity contribution < 1.29 is 19.6 Å². The molecule has 0 fully saturated rings. The van der Waals surface area contributed by atoms with Gasteiger partial charge >= 0.3 is 5.97 Å². The topological polar surface area (TPSA) is 101 Å². The summed E-state index contributed by atoms with van der Waals surface area (Å²) in [7, 11) is 0. The van der Waals surface area contributed by atoms with E-state index in [1.54, 1.807) is 17.5 Å². The van der Waals surface area contributed by atoms with E-state index in [9.17, 15) is 19.7 Å². The van der Waals surface area contributed by atoms with Crippen LogP contribution in [0.2, 0.25) is 0 Å². The van der Waals surface area contributed by atoms with E-state index in [0.29, 0.717) is 11.3 Å². The molecule has 1 heterocycles. The van der Waals surface area contributed by atoms with Crippen LogP contribution in [-0.4, -0.2) is 39.1 Å². The van der Waals surface area contributed by atoms with Crippen LogP contribution in [0.4, 0.5) is 5.69 Å². The number of nitro groups is 1. The monoisotopic (exact) mass is 308 g/mol. The smallest absolute Gasteiger partial charge is 0.305 e. The van der Waals surface area contributed by atoms with Gasteiger partial charge in [0.1, 0.15) is 0 Å². The number of amides is 1. The zero-order valence-corrected chi connectivity index (χ0v) is 11.7. The summed E-state index contributed by atoms with van der Waals surface area (Å²) >= 11 is 1.32. The lowest BCUT2D eigenvalue weighted by atomic mass is 10.1. The summed E-state index contributed by atoms with van der Waals surface area (Å²) in [6.45, 7) is 0.0809. The molecule has 1 aromatic carbocycles. The first-order chi connectivity index (χ1) is 9.99. The molecule has 0 saturated heterocycles. The van der Waals surface area contributed by atoms with Gasteiger partial charge in [0, 0.05) is 18.7 Å². The van der Waals surface area contributed by atoms with Crippen LogP contribution in [0.3, 0.4) is 0 Å². The number of carbonyl (C=O) groups excluding carboxylic acids is 1. The van der Waals surface area contributed by atoms with Crippen molar-refractivity contribution in [3.05, 3.63) is 45.4 Å². The number of carboxylic acids is 1. The van der Waals surface area contributed by atoms with Crippen molar-refractivity contribution in [2.75, 3.05) is 12.3 Å². The molecule has 110 valence electrons. The van der Waals surface area contributed by atoms with Crippen molar-refractivity contribution >= 4 is 35.0 Å². The molecule has 0 saturated carbocycles. The summed E-state index contributed by atoms with van der Waals surface area (Å²) in [6, 6.07) is 5.82. The van der Waals surface area contributed by atoms with Crippen molar-refractivity contribution in [3.8, 4) is 0 Å². The summed E-state index contributed by atoms with van der Waals surface area (Å²) in [5, 5.41) is 21.2. The quantitative estimate of drug-likeness (QED) is 0.659. The maximum absolute atomic E-state index is 11.9. The fraction of sp³-hybridized carbons (Fsp3) is 0.231. The molecule has 2 rings (SSSR count). The first kappa shape index (κ1) is 15.0. The minimum absolute atomic E-state index is 0.0359. The van der Waals surface area contributed by atoms with E-state index in [0.717, 1.165) is 0 Å². The highest BCUT2D eigenvalue weighted by Gasteiger charge is 2.24. The predicted octanol–water partition coefficient (Wildman–Crippen LogP) is 1.94. The Morgan fingerprint density at radius 2 is 2.05 bits per heavy atom. The molecular formula is C13H12N2O5S. The van der Waals surface area contributed by atoms with Crippen LogP contribution in [0, 0.1) is 10.1 Å². The minimum atomic E-state index is -0.982. The third-order valence-electron chi connectivity index (χ3n) is 2.92. The minimum Gasteiger partial charge on any atom is -0.481 e. The highest BCUT2D eigenvalue weighted by Crippen LogP contribution is 2.29. The fourth-order valence-corrected chi connectivity index (χ4v) is 2.70. The van der Waals surface area contributed by atoms with Gasteiger partial charge in [0.25, 0.3) is 5.69 Å². The highest BCUT2D eigenvalue weighted by atomic mass is 32.2. The Bertz CT molecular complexity index is 611. The molecule has 0 aromatic heterocycles. The maximum atomic E-state index is 11.9. The molecule has 0 spiro atoms. The molecule has 1 aliphatic heterocycles. The lowest BCUT2D eigenvalue weighted by Crippen LogP contribution is -2.34. The molecule has 8 heteroatoms. The zero-order valence-electron chi connectivity index (χ0n) is 10.9. The average Bonchev–Trinajstić information content (AvgIpc) is 2.45. The number of rotatable bonds is 5. The molecule has 7 nitrogen and oxygen atoms in total. The van der Waals surface area contributed by atoms with Gasteiger partial charge < -0.3 is 10.0 Å². The second-order valence-electron chi connectivity index (χ2n) is 4.31. The average molecular weight is 308 g/mol. The van der Waals surface area contributed by atoms with Gasteiger partial charge in [-0.3, -0.25) is 19.7 Å². The van der Waals surface area contributed by atoms with E-state index in [-0.39, 0.29) is 30.3 Å². The molecule has 1 aliphatic rings. The van der Waals surface area contributed by atoms with Crippen molar-refractivity contribution in [1.82, 2.24) is 4.90 Å². The maximum Gasteiger partial charge on any atom is 0.305 e. The van der Waals surface area contributed by atoms with Crippen LogP contribution in [0.25, 0.3) is 5.70 Å². The SMILES string of the molecule is O=C(O)CCN1C(=O)CSC=C1c1ccc([N+](=O)[O-])cc1. The third-order valence-corrected chi connectivity index (χ3v) is 3.72. The number of nitro benzene ring substituents is 1. The summed E-state index contributed by atoms with van der Waals surface area (Å²) in [5.41, 5.74) is 1.19. The largest absolute Gasteiger partial charge is 0.481 e. The molecule has 0 bridgehead atoms. The van der Waals surface area contributed by atoms with Crippen molar-refractivity contribution in [2.24, 2.45) is 0 Å². The van der Waals surface area contributed by atoms with E-state index in [2.05, 4.69) is 0 Å². The number of non-ortho nitro benzene ring substituents is 1. The van der Waals surface area contributed by atoms with E-state index < -0.39 is 10.9 Å². The molecule has 21 heavy (non-hydrogen) atoms. The Labute approximate surface area is 124 Å². The first-order valence-corrected chi connectivity index (χ1v) is 7.12. The summed E-state index contributed by atoms with van der Waals surface area (Å²) in [5.74, 6) is -0.892. The van der Waals surface area contributed by atoms with Gasteiger partial charge in [-0.25, -0.2) is 0 Å². The van der Waals surface area contributed by atoms with E-state index in [4.69, 9.17) is 5.11 Å². The van der Waals surface area contributed by atoms with Gasteiger partial charge in [-0.1, -0.05) is 0 Å². The van der Waals surface area contributed by atoms with Crippen molar-refractivity contribution in [3.63, 3.8) is 0 Å². The molecule has 1 aromatic rings. The predicted molar refractivity (Wildman–Crippen MR) is 77.5 cm³/mol. The standard InChI is InChI=1S/C13H12N2O5S/c16-12-8-21-7-11(14(12)6-5-13(17)18)9-1-3-10(4-2-9)15(19)20/h1-4,7H,5-6,8H2,(H,17,18). The Kier molecular flexibility index (Phi) is 4.59. The van der Waals surface area contributed by atoms with Crippen LogP contribution in [0.1, 0.15) is 12.0 Å². The third kappa shape index (κ3) is 3.60. The Morgan fingerprint density at radius 1 is 1.38 bits per heavy atom. The van der Waals surface area contributed by atoms with Crippen LogP contribution in [0.15, 0.2) is 29.7 Å². The van der Waals surface area contributed by atoms with Crippen molar-refractivity contribution in [1.29, 1.82) is 0 Å². The number of carbonyl (C=O) groups is 2. The van der Waals surface area contributed by atoms with Crippen molar-refractivity contribution in [2.45, 2.75) is 6.42 Å². The van der Waals surface area contributed by atoms with Gasteiger partial charge in [0.05, 0.1) is 22.8 Å². The lowest BCUT2D eigenvalue weighted by Gasteiger charge is -2.28.